The van der Waals surface area contributed by atoms with Crippen LogP contribution in [0.2, 0.25) is 0 Å². The third-order valence-electron chi connectivity index (χ3n) is 5.54. The second kappa shape index (κ2) is 8.43. The van der Waals surface area contributed by atoms with Crippen molar-refractivity contribution in [3.05, 3.63) is 53.6 Å². The molecule has 0 radical (unpaired) electrons. The molecule has 1 heterocycles. The summed E-state index contributed by atoms with van der Waals surface area (Å²) in [6.45, 7) is 1.80. The summed E-state index contributed by atoms with van der Waals surface area (Å²) < 4.78 is 25.5. The molecule has 2 aromatic rings. The van der Waals surface area contributed by atoms with E-state index >= 15 is 0 Å². The quantitative estimate of drug-likeness (QED) is 0.737. The Balaban J connectivity index is 1.41. The first-order chi connectivity index (χ1) is 14.3. The summed E-state index contributed by atoms with van der Waals surface area (Å²) in [4.78, 5) is 25.3. The molecule has 8 heteroatoms. The number of fused-ring (bicyclic) bond motifs is 2. The summed E-state index contributed by atoms with van der Waals surface area (Å²) in [6, 6.07) is 12.7. The molecule has 0 fully saturated rings. The number of benzene rings is 2. The summed E-state index contributed by atoms with van der Waals surface area (Å²) in [5, 5.41) is 5.53. The monoisotopic (exact) mass is 444 g/mol. The topological polar surface area (TPSA) is 92.3 Å². The first-order valence-corrected chi connectivity index (χ1v) is 12.6. The Morgan fingerprint density at radius 1 is 1.23 bits per heavy atom. The van der Waals surface area contributed by atoms with Crippen LogP contribution >= 0.6 is 11.8 Å². The molecule has 0 spiro atoms. The van der Waals surface area contributed by atoms with E-state index in [4.69, 9.17) is 0 Å². The lowest BCUT2D eigenvalue weighted by Crippen LogP contribution is -2.32. The van der Waals surface area contributed by atoms with Crippen molar-refractivity contribution in [2.75, 3.05) is 11.1 Å². The van der Waals surface area contributed by atoms with Gasteiger partial charge in [0.1, 0.15) is 0 Å². The van der Waals surface area contributed by atoms with E-state index in [0.717, 1.165) is 29.7 Å². The molecule has 2 N–H and O–H groups in total. The highest BCUT2D eigenvalue weighted by molar-refractivity contribution is 8.01. The molecule has 0 saturated heterocycles. The second-order valence-electron chi connectivity index (χ2n) is 7.69. The van der Waals surface area contributed by atoms with Crippen LogP contribution in [0.25, 0.3) is 0 Å². The molecule has 6 nitrogen and oxygen atoms in total. The van der Waals surface area contributed by atoms with Crippen LogP contribution in [-0.2, 0) is 25.8 Å². The van der Waals surface area contributed by atoms with E-state index in [2.05, 4.69) is 16.7 Å². The van der Waals surface area contributed by atoms with Crippen molar-refractivity contribution >= 4 is 39.1 Å². The van der Waals surface area contributed by atoms with E-state index in [1.54, 1.807) is 19.1 Å². The minimum Gasteiger partial charge on any atom is -0.349 e. The molecular formula is C22H24N2O4S2. The molecule has 0 saturated carbocycles. The van der Waals surface area contributed by atoms with Gasteiger partial charge in [-0.1, -0.05) is 24.3 Å². The maximum Gasteiger partial charge on any atom is 0.237 e. The van der Waals surface area contributed by atoms with E-state index < -0.39 is 9.84 Å². The van der Waals surface area contributed by atoms with Crippen molar-refractivity contribution in [2.24, 2.45) is 0 Å². The number of aryl methyl sites for hydroxylation is 1. The van der Waals surface area contributed by atoms with Gasteiger partial charge in [-0.05, 0) is 55.5 Å². The van der Waals surface area contributed by atoms with Crippen LogP contribution in [0.5, 0.6) is 0 Å². The highest BCUT2D eigenvalue weighted by Crippen LogP contribution is 2.37. The summed E-state index contributed by atoms with van der Waals surface area (Å²) in [5.41, 5.74) is 2.87. The number of rotatable bonds is 5. The Morgan fingerprint density at radius 3 is 2.87 bits per heavy atom. The van der Waals surface area contributed by atoms with Crippen LogP contribution in [-0.4, -0.2) is 31.2 Å². The van der Waals surface area contributed by atoms with Crippen molar-refractivity contribution in [1.82, 2.24) is 5.32 Å². The van der Waals surface area contributed by atoms with Gasteiger partial charge in [-0.3, -0.25) is 9.59 Å². The van der Waals surface area contributed by atoms with Gasteiger partial charge in [-0.25, -0.2) is 8.42 Å². The van der Waals surface area contributed by atoms with Gasteiger partial charge < -0.3 is 10.6 Å². The van der Waals surface area contributed by atoms with Crippen molar-refractivity contribution in [3.63, 3.8) is 0 Å². The van der Waals surface area contributed by atoms with Gasteiger partial charge in [0.2, 0.25) is 11.8 Å². The maximum atomic E-state index is 12.8. The smallest absolute Gasteiger partial charge is 0.237 e. The molecule has 1 aliphatic heterocycles. The number of carbonyl (C=O) groups is 2. The first-order valence-electron chi connectivity index (χ1n) is 10.0. The van der Waals surface area contributed by atoms with Crippen molar-refractivity contribution < 1.29 is 18.0 Å². The van der Waals surface area contributed by atoms with Gasteiger partial charge in [0, 0.05) is 11.3 Å². The SMILES string of the molecule is C[C@H]1Sc2ccc(S(=O)(=O)CCC(=O)N[C@H]3CCCc4ccccc43)cc2NC1=O. The summed E-state index contributed by atoms with van der Waals surface area (Å²) in [7, 11) is -3.64. The van der Waals surface area contributed by atoms with Crippen LogP contribution in [0.3, 0.4) is 0 Å². The standard InChI is InChI=1S/C22H24N2O4S2/c1-14-22(26)24-19-13-16(9-10-20(19)29-14)30(27,28)12-11-21(25)23-18-8-4-6-15-5-2-3-7-17(15)18/h2-3,5,7,9-10,13-14,18H,4,6,8,11-12H2,1H3,(H,23,25)(H,24,26)/t14-,18+/m1/s1. The summed E-state index contributed by atoms with van der Waals surface area (Å²) in [6.07, 6.45) is 2.76. The van der Waals surface area contributed by atoms with Gasteiger partial charge in [0.15, 0.2) is 9.84 Å². The van der Waals surface area contributed by atoms with E-state index in [1.165, 1.54) is 23.4 Å². The minimum atomic E-state index is -3.64. The average Bonchev–Trinajstić information content (AvgIpc) is 2.73. The maximum absolute atomic E-state index is 12.8. The Labute approximate surface area is 180 Å². The summed E-state index contributed by atoms with van der Waals surface area (Å²) in [5.74, 6) is -0.686. The molecule has 0 unspecified atom stereocenters. The van der Waals surface area contributed by atoms with E-state index in [0.29, 0.717) is 5.69 Å². The Hall–Kier alpha value is -2.32. The Bertz CT molecular complexity index is 1100. The van der Waals surface area contributed by atoms with Crippen molar-refractivity contribution in [1.29, 1.82) is 0 Å². The molecule has 2 amide bonds. The fourth-order valence-electron chi connectivity index (χ4n) is 3.90. The highest BCUT2D eigenvalue weighted by Gasteiger charge is 2.26. The number of amides is 2. The molecule has 0 aromatic heterocycles. The molecule has 2 atom stereocenters. The van der Waals surface area contributed by atoms with E-state index in [1.807, 2.05) is 18.2 Å². The molecule has 1 aliphatic carbocycles. The molecular weight excluding hydrogens is 420 g/mol. The predicted octanol–water partition coefficient (Wildman–Crippen LogP) is 3.48. The number of anilines is 1. The third-order valence-corrected chi connectivity index (χ3v) is 8.43. The molecule has 30 heavy (non-hydrogen) atoms. The Kier molecular flexibility index (Phi) is 5.88. The van der Waals surface area contributed by atoms with Gasteiger partial charge in [-0.2, -0.15) is 0 Å². The largest absolute Gasteiger partial charge is 0.349 e. The molecule has 0 bridgehead atoms. The highest BCUT2D eigenvalue weighted by atomic mass is 32.2. The lowest BCUT2D eigenvalue weighted by atomic mass is 9.88. The molecule has 2 aromatic carbocycles. The van der Waals surface area contributed by atoms with Crippen LogP contribution in [0.15, 0.2) is 52.3 Å². The van der Waals surface area contributed by atoms with Crippen molar-refractivity contribution in [2.45, 2.75) is 53.7 Å². The van der Waals surface area contributed by atoms with Crippen LogP contribution in [0, 0.1) is 0 Å². The Morgan fingerprint density at radius 2 is 2.03 bits per heavy atom. The number of hydrogen-bond acceptors (Lipinski definition) is 5. The average molecular weight is 445 g/mol. The number of carbonyl (C=O) groups excluding carboxylic acids is 2. The van der Waals surface area contributed by atoms with Crippen LogP contribution in [0.4, 0.5) is 5.69 Å². The molecule has 2 aliphatic rings. The zero-order chi connectivity index (χ0) is 21.3. The van der Waals surface area contributed by atoms with Crippen LogP contribution in [0.1, 0.15) is 43.4 Å². The number of thioether (sulfide) groups is 1. The number of sulfone groups is 1. The predicted molar refractivity (Wildman–Crippen MR) is 117 cm³/mol. The lowest BCUT2D eigenvalue weighted by molar-refractivity contribution is -0.121. The van der Waals surface area contributed by atoms with Gasteiger partial charge in [0.25, 0.3) is 0 Å². The first kappa shape index (κ1) is 20.9. The fraction of sp³-hybridized carbons (Fsp3) is 0.364. The van der Waals surface area contributed by atoms with Gasteiger partial charge in [-0.15, -0.1) is 11.8 Å². The molecule has 158 valence electrons. The normalized spacial score (nSPS) is 20.6. The third kappa shape index (κ3) is 4.39. The zero-order valence-corrected chi connectivity index (χ0v) is 18.3. The minimum absolute atomic E-state index is 0.0666. The van der Waals surface area contributed by atoms with E-state index in [-0.39, 0.29) is 40.2 Å². The zero-order valence-electron chi connectivity index (χ0n) is 16.7. The number of nitrogens with one attached hydrogen (secondary N) is 2. The lowest BCUT2D eigenvalue weighted by Gasteiger charge is -2.26. The number of hydrogen-bond donors (Lipinski definition) is 2. The van der Waals surface area contributed by atoms with Gasteiger partial charge in [0.05, 0.1) is 27.6 Å². The van der Waals surface area contributed by atoms with Crippen LogP contribution < -0.4 is 10.6 Å². The molecule has 4 rings (SSSR count). The second-order valence-corrected chi connectivity index (χ2v) is 11.2. The van der Waals surface area contributed by atoms with E-state index in [9.17, 15) is 18.0 Å². The van der Waals surface area contributed by atoms with Crippen molar-refractivity contribution in [3.8, 4) is 0 Å². The van der Waals surface area contributed by atoms with Gasteiger partial charge >= 0.3 is 0 Å². The fourth-order valence-corrected chi connectivity index (χ4v) is 6.09. The summed E-state index contributed by atoms with van der Waals surface area (Å²) >= 11 is 1.40.